The summed E-state index contributed by atoms with van der Waals surface area (Å²) < 4.78 is 5.55. The zero-order valence-electron chi connectivity index (χ0n) is 16.2. The van der Waals surface area contributed by atoms with E-state index in [0.717, 1.165) is 30.7 Å². The number of nitrogens with one attached hydrogen (secondary N) is 2. The summed E-state index contributed by atoms with van der Waals surface area (Å²) in [6.07, 6.45) is 2.19. The van der Waals surface area contributed by atoms with E-state index in [2.05, 4.69) is 33.0 Å². The molecular formula is C23H24N4O2. The van der Waals surface area contributed by atoms with E-state index in [9.17, 15) is 4.79 Å². The van der Waals surface area contributed by atoms with Crippen molar-refractivity contribution in [3.8, 4) is 11.3 Å². The number of rotatable bonds is 7. The number of nitrogens with zero attached hydrogens (tertiary/aromatic N) is 2. The first kappa shape index (κ1) is 19.1. The van der Waals surface area contributed by atoms with Gasteiger partial charge in [-0.05, 0) is 42.7 Å². The molecule has 29 heavy (non-hydrogen) atoms. The molecule has 0 saturated carbocycles. The Morgan fingerprint density at radius 2 is 1.93 bits per heavy atom. The molecule has 3 aromatic rings. The monoisotopic (exact) mass is 388 g/mol. The Morgan fingerprint density at radius 3 is 2.69 bits per heavy atom. The van der Waals surface area contributed by atoms with Crippen LogP contribution in [0.2, 0.25) is 0 Å². The highest BCUT2D eigenvalue weighted by Crippen LogP contribution is 2.19. The summed E-state index contributed by atoms with van der Waals surface area (Å²) in [5, 5.41) is 14.8. The van der Waals surface area contributed by atoms with E-state index in [0.29, 0.717) is 24.5 Å². The van der Waals surface area contributed by atoms with Gasteiger partial charge in [-0.15, -0.1) is 10.2 Å². The van der Waals surface area contributed by atoms with Gasteiger partial charge in [0, 0.05) is 30.8 Å². The van der Waals surface area contributed by atoms with Crippen molar-refractivity contribution in [1.82, 2.24) is 15.5 Å². The van der Waals surface area contributed by atoms with E-state index in [1.54, 1.807) is 6.07 Å². The lowest BCUT2D eigenvalue weighted by molar-refractivity contribution is 0.0858. The zero-order valence-corrected chi connectivity index (χ0v) is 16.2. The number of carbonyl (C=O) groups excluding carboxylic acids is 1. The molecule has 2 aromatic carbocycles. The van der Waals surface area contributed by atoms with Crippen LogP contribution >= 0.6 is 0 Å². The first-order valence-electron chi connectivity index (χ1n) is 9.90. The molecule has 2 heterocycles. The molecule has 0 spiro atoms. The van der Waals surface area contributed by atoms with E-state index in [1.807, 2.05) is 48.5 Å². The average molecular weight is 388 g/mol. The van der Waals surface area contributed by atoms with E-state index in [-0.39, 0.29) is 12.0 Å². The molecule has 1 aliphatic heterocycles. The number of anilines is 1. The highest BCUT2D eigenvalue weighted by Gasteiger charge is 2.17. The molecule has 1 unspecified atom stereocenters. The van der Waals surface area contributed by atoms with Gasteiger partial charge in [0.1, 0.15) is 5.82 Å². The van der Waals surface area contributed by atoms with Gasteiger partial charge in [-0.25, -0.2) is 0 Å². The van der Waals surface area contributed by atoms with Crippen molar-refractivity contribution >= 4 is 11.7 Å². The smallest absolute Gasteiger partial charge is 0.251 e. The van der Waals surface area contributed by atoms with Crippen molar-refractivity contribution in [2.75, 3.05) is 18.5 Å². The Bertz CT molecular complexity index is 939. The topological polar surface area (TPSA) is 76.1 Å². The molecular weight excluding hydrogens is 364 g/mol. The fourth-order valence-corrected chi connectivity index (χ4v) is 3.30. The quantitative estimate of drug-likeness (QED) is 0.646. The van der Waals surface area contributed by atoms with Crippen LogP contribution in [-0.2, 0) is 11.3 Å². The number of aromatic nitrogens is 2. The number of hydrogen-bond acceptors (Lipinski definition) is 5. The molecule has 4 rings (SSSR count). The molecule has 6 nitrogen and oxygen atoms in total. The normalized spacial score (nSPS) is 15.8. The lowest BCUT2D eigenvalue weighted by atomic mass is 10.1. The van der Waals surface area contributed by atoms with E-state index in [1.165, 1.54) is 5.56 Å². The molecule has 1 aliphatic rings. The predicted molar refractivity (Wildman–Crippen MR) is 113 cm³/mol. The Morgan fingerprint density at radius 1 is 1.03 bits per heavy atom. The van der Waals surface area contributed by atoms with Gasteiger partial charge < -0.3 is 15.4 Å². The third-order valence-corrected chi connectivity index (χ3v) is 4.92. The minimum Gasteiger partial charge on any atom is -0.376 e. The summed E-state index contributed by atoms with van der Waals surface area (Å²) in [7, 11) is 0. The van der Waals surface area contributed by atoms with Gasteiger partial charge in [-0.1, -0.05) is 42.5 Å². The van der Waals surface area contributed by atoms with Crippen LogP contribution in [0.5, 0.6) is 0 Å². The maximum atomic E-state index is 12.4. The Balaban J connectivity index is 1.37. The summed E-state index contributed by atoms with van der Waals surface area (Å²) >= 11 is 0. The highest BCUT2D eigenvalue weighted by atomic mass is 16.5. The van der Waals surface area contributed by atoms with Crippen LogP contribution in [-0.4, -0.2) is 35.4 Å². The van der Waals surface area contributed by atoms with E-state index >= 15 is 0 Å². The second kappa shape index (κ2) is 9.30. The summed E-state index contributed by atoms with van der Waals surface area (Å²) in [6.45, 7) is 2.02. The van der Waals surface area contributed by atoms with Crippen LogP contribution in [0, 0.1) is 0 Å². The second-order valence-electron chi connectivity index (χ2n) is 7.07. The van der Waals surface area contributed by atoms with Gasteiger partial charge in [0.15, 0.2) is 0 Å². The first-order valence-corrected chi connectivity index (χ1v) is 9.90. The Labute approximate surface area is 170 Å². The summed E-state index contributed by atoms with van der Waals surface area (Å²) in [6, 6.07) is 21.4. The number of amides is 1. The second-order valence-corrected chi connectivity index (χ2v) is 7.07. The maximum Gasteiger partial charge on any atom is 0.251 e. The molecule has 1 amide bonds. The number of carbonyl (C=O) groups is 1. The van der Waals surface area contributed by atoms with Crippen LogP contribution < -0.4 is 10.6 Å². The van der Waals surface area contributed by atoms with Crippen molar-refractivity contribution in [2.24, 2.45) is 0 Å². The fraction of sp³-hybridized carbons (Fsp3) is 0.261. The maximum absolute atomic E-state index is 12.4. The van der Waals surface area contributed by atoms with Crippen LogP contribution in [0.1, 0.15) is 28.8 Å². The van der Waals surface area contributed by atoms with Crippen LogP contribution in [0.25, 0.3) is 11.3 Å². The zero-order chi connectivity index (χ0) is 19.9. The Kier molecular flexibility index (Phi) is 6.12. The predicted octanol–water partition coefficient (Wildman–Crippen LogP) is 3.66. The molecule has 6 heteroatoms. The Hall–Kier alpha value is -3.25. The van der Waals surface area contributed by atoms with E-state index < -0.39 is 0 Å². The van der Waals surface area contributed by atoms with Gasteiger partial charge >= 0.3 is 0 Å². The lowest BCUT2D eigenvalue weighted by Gasteiger charge is -2.11. The van der Waals surface area contributed by atoms with Crippen molar-refractivity contribution in [2.45, 2.75) is 25.5 Å². The van der Waals surface area contributed by atoms with Crippen molar-refractivity contribution in [3.63, 3.8) is 0 Å². The van der Waals surface area contributed by atoms with Gasteiger partial charge in [0.2, 0.25) is 0 Å². The number of ether oxygens (including phenoxy) is 1. The molecule has 2 N–H and O–H groups in total. The minimum absolute atomic E-state index is 0.101. The van der Waals surface area contributed by atoms with Gasteiger partial charge in [0.05, 0.1) is 11.8 Å². The standard InChI is InChI=1S/C23H24N4O2/c28-23(25-16-20-10-5-13-29-20)19-9-4-8-18(14-19)21-11-12-22(27-26-21)24-15-17-6-2-1-3-7-17/h1-4,6-9,11-12,14,20H,5,10,13,15-16H2,(H,24,27)(H,25,28). The van der Waals surface area contributed by atoms with E-state index in [4.69, 9.17) is 4.74 Å². The van der Waals surface area contributed by atoms with Gasteiger partial charge in [0.25, 0.3) is 5.91 Å². The number of hydrogen-bond donors (Lipinski definition) is 2. The largest absolute Gasteiger partial charge is 0.376 e. The van der Waals surface area contributed by atoms with Crippen LogP contribution in [0.3, 0.4) is 0 Å². The van der Waals surface area contributed by atoms with Gasteiger partial charge in [-0.3, -0.25) is 4.79 Å². The molecule has 148 valence electrons. The fourth-order valence-electron chi connectivity index (χ4n) is 3.30. The van der Waals surface area contributed by atoms with Crippen molar-refractivity contribution in [1.29, 1.82) is 0 Å². The SMILES string of the molecule is O=C(NCC1CCCO1)c1cccc(-c2ccc(NCc3ccccc3)nn2)c1. The van der Waals surface area contributed by atoms with Crippen molar-refractivity contribution < 1.29 is 9.53 Å². The molecule has 0 bridgehead atoms. The minimum atomic E-state index is -0.101. The third kappa shape index (κ3) is 5.18. The van der Waals surface area contributed by atoms with Crippen LogP contribution in [0.4, 0.5) is 5.82 Å². The molecule has 1 aromatic heterocycles. The molecule has 0 radical (unpaired) electrons. The summed E-state index contributed by atoms with van der Waals surface area (Å²) in [5.74, 6) is 0.611. The molecule has 1 saturated heterocycles. The summed E-state index contributed by atoms with van der Waals surface area (Å²) in [4.78, 5) is 12.4. The molecule has 1 fully saturated rings. The lowest BCUT2D eigenvalue weighted by Crippen LogP contribution is -2.31. The van der Waals surface area contributed by atoms with Gasteiger partial charge in [-0.2, -0.15) is 0 Å². The molecule has 1 atom stereocenters. The van der Waals surface area contributed by atoms with Crippen molar-refractivity contribution in [3.05, 3.63) is 77.9 Å². The van der Waals surface area contributed by atoms with Crippen LogP contribution in [0.15, 0.2) is 66.7 Å². The number of benzene rings is 2. The molecule has 0 aliphatic carbocycles. The average Bonchev–Trinajstić information content (AvgIpc) is 3.31. The first-order chi connectivity index (χ1) is 14.3. The summed E-state index contributed by atoms with van der Waals surface area (Å²) in [5.41, 5.74) is 3.37. The third-order valence-electron chi connectivity index (χ3n) is 4.92. The highest BCUT2D eigenvalue weighted by molar-refractivity contribution is 5.95.